The maximum absolute atomic E-state index is 10.5. The molecule has 1 rings (SSSR count). The standard InChI is InChI=1S/C12H23NO3/c1-10(5-6-12(14)15)13(2)8-11-4-3-7-16-9-11/h10-11H,3-9H2,1-2H3,(H,14,15). The van der Waals surface area contributed by atoms with Crippen molar-refractivity contribution in [2.75, 3.05) is 26.8 Å². The maximum Gasteiger partial charge on any atom is 0.303 e. The molecule has 4 heteroatoms. The van der Waals surface area contributed by atoms with E-state index in [0.717, 1.165) is 32.6 Å². The van der Waals surface area contributed by atoms with Gasteiger partial charge < -0.3 is 14.7 Å². The Balaban J connectivity index is 2.21. The lowest BCUT2D eigenvalue weighted by atomic mass is 10.0. The van der Waals surface area contributed by atoms with Gasteiger partial charge in [-0.25, -0.2) is 0 Å². The van der Waals surface area contributed by atoms with Crippen LogP contribution in [0.3, 0.4) is 0 Å². The summed E-state index contributed by atoms with van der Waals surface area (Å²) >= 11 is 0. The Kier molecular flexibility index (Phi) is 5.77. The molecule has 0 aromatic heterocycles. The highest BCUT2D eigenvalue weighted by Crippen LogP contribution is 2.16. The lowest BCUT2D eigenvalue weighted by molar-refractivity contribution is -0.137. The van der Waals surface area contributed by atoms with Gasteiger partial charge in [-0.1, -0.05) is 0 Å². The lowest BCUT2D eigenvalue weighted by Crippen LogP contribution is -2.36. The molecule has 0 aromatic rings. The van der Waals surface area contributed by atoms with Gasteiger partial charge in [0, 0.05) is 25.6 Å². The van der Waals surface area contributed by atoms with Crippen molar-refractivity contribution in [1.29, 1.82) is 0 Å². The van der Waals surface area contributed by atoms with Crippen LogP contribution in [0, 0.1) is 5.92 Å². The first kappa shape index (κ1) is 13.5. The van der Waals surface area contributed by atoms with E-state index >= 15 is 0 Å². The third-order valence-electron chi connectivity index (χ3n) is 3.33. The lowest BCUT2D eigenvalue weighted by Gasteiger charge is -2.30. The van der Waals surface area contributed by atoms with E-state index in [2.05, 4.69) is 18.9 Å². The molecule has 1 aliphatic rings. The molecule has 1 aliphatic heterocycles. The molecule has 4 nitrogen and oxygen atoms in total. The average Bonchev–Trinajstić information content (AvgIpc) is 2.27. The molecule has 94 valence electrons. The van der Waals surface area contributed by atoms with Crippen LogP contribution in [0.4, 0.5) is 0 Å². The number of ether oxygens (including phenoxy) is 1. The molecule has 0 saturated carbocycles. The fourth-order valence-corrected chi connectivity index (χ4v) is 2.09. The first-order valence-corrected chi connectivity index (χ1v) is 6.09. The summed E-state index contributed by atoms with van der Waals surface area (Å²) in [7, 11) is 2.07. The minimum Gasteiger partial charge on any atom is -0.481 e. The Labute approximate surface area is 97.6 Å². The van der Waals surface area contributed by atoms with Gasteiger partial charge in [0.05, 0.1) is 6.61 Å². The van der Waals surface area contributed by atoms with Crippen molar-refractivity contribution in [3.63, 3.8) is 0 Å². The van der Waals surface area contributed by atoms with E-state index < -0.39 is 5.97 Å². The first-order chi connectivity index (χ1) is 7.59. The van der Waals surface area contributed by atoms with Crippen molar-refractivity contribution in [1.82, 2.24) is 4.90 Å². The highest BCUT2D eigenvalue weighted by molar-refractivity contribution is 5.66. The predicted octanol–water partition coefficient (Wildman–Crippen LogP) is 1.60. The van der Waals surface area contributed by atoms with E-state index in [4.69, 9.17) is 9.84 Å². The summed E-state index contributed by atoms with van der Waals surface area (Å²) < 4.78 is 5.44. The molecule has 0 spiro atoms. The quantitative estimate of drug-likeness (QED) is 0.751. The molecule has 0 aromatic carbocycles. The minimum absolute atomic E-state index is 0.257. The summed E-state index contributed by atoms with van der Waals surface area (Å²) in [5.74, 6) is -0.0905. The number of nitrogens with zero attached hydrogens (tertiary/aromatic N) is 1. The fourth-order valence-electron chi connectivity index (χ4n) is 2.09. The van der Waals surface area contributed by atoms with Crippen LogP contribution in [-0.4, -0.2) is 48.8 Å². The average molecular weight is 229 g/mol. The molecule has 0 aliphatic carbocycles. The number of carbonyl (C=O) groups is 1. The highest BCUT2D eigenvalue weighted by atomic mass is 16.5. The SMILES string of the molecule is CC(CCC(=O)O)N(C)CC1CCCOC1. The Hall–Kier alpha value is -0.610. The molecule has 0 amide bonds. The molecule has 1 fully saturated rings. The topological polar surface area (TPSA) is 49.8 Å². The molecule has 0 bridgehead atoms. The molecule has 0 radical (unpaired) electrons. The number of aliphatic carboxylic acids is 1. The van der Waals surface area contributed by atoms with E-state index in [-0.39, 0.29) is 6.42 Å². The maximum atomic E-state index is 10.5. The molecule has 1 heterocycles. The highest BCUT2D eigenvalue weighted by Gasteiger charge is 2.18. The van der Waals surface area contributed by atoms with Crippen LogP contribution in [0.15, 0.2) is 0 Å². The third-order valence-corrected chi connectivity index (χ3v) is 3.33. The summed E-state index contributed by atoms with van der Waals surface area (Å²) in [6, 6.07) is 0.332. The van der Waals surface area contributed by atoms with Crippen LogP contribution in [0.1, 0.15) is 32.6 Å². The number of carboxylic acid groups (broad SMARTS) is 1. The van der Waals surface area contributed by atoms with E-state index in [1.54, 1.807) is 0 Å². The van der Waals surface area contributed by atoms with Crippen LogP contribution in [0.5, 0.6) is 0 Å². The zero-order valence-electron chi connectivity index (χ0n) is 10.3. The molecular weight excluding hydrogens is 206 g/mol. The molecule has 2 unspecified atom stereocenters. The summed E-state index contributed by atoms with van der Waals surface area (Å²) in [6.45, 7) is 4.86. The number of carboxylic acids is 1. The Bertz CT molecular complexity index is 214. The zero-order chi connectivity index (χ0) is 12.0. The second-order valence-corrected chi connectivity index (χ2v) is 4.80. The third kappa shape index (κ3) is 4.94. The second-order valence-electron chi connectivity index (χ2n) is 4.80. The Morgan fingerprint density at radius 1 is 1.62 bits per heavy atom. The Morgan fingerprint density at radius 3 is 2.94 bits per heavy atom. The van der Waals surface area contributed by atoms with Gasteiger partial charge in [-0.2, -0.15) is 0 Å². The molecule has 1 saturated heterocycles. The van der Waals surface area contributed by atoms with E-state index in [9.17, 15) is 4.79 Å². The van der Waals surface area contributed by atoms with Gasteiger partial charge in [-0.3, -0.25) is 4.79 Å². The summed E-state index contributed by atoms with van der Waals surface area (Å²) in [4.78, 5) is 12.7. The van der Waals surface area contributed by atoms with Gasteiger partial charge in [-0.15, -0.1) is 0 Å². The van der Waals surface area contributed by atoms with Crippen molar-refractivity contribution in [3.8, 4) is 0 Å². The van der Waals surface area contributed by atoms with E-state index in [1.807, 2.05) is 0 Å². The Morgan fingerprint density at radius 2 is 2.38 bits per heavy atom. The zero-order valence-corrected chi connectivity index (χ0v) is 10.3. The molecule has 1 N–H and O–H groups in total. The molecule has 16 heavy (non-hydrogen) atoms. The predicted molar refractivity (Wildman–Crippen MR) is 62.5 cm³/mol. The summed E-state index contributed by atoms with van der Waals surface area (Å²) in [5.41, 5.74) is 0. The number of rotatable bonds is 6. The van der Waals surface area contributed by atoms with Gasteiger partial charge in [0.2, 0.25) is 0 Å². The van der Waals surface area contributed by atoms with Gasteiger partial charge >= 0.3 is 5.97 Å². The number of hydrogen-bond acceptors (Lipinski definition) is 3. The van der Waals surface area contributed by atoms with Crippen molar-refractivity contribution in [2.45, 2.75) is 38.6 Å². The van der Waals surface area contributed by atoms with E-state index in [1.165, 1.54) is 6.42 Å². The van der Waals surface area contributed by atoms with Crippen molar-refractivity contribution >= 4 is 5.97 Å². The molecule has 2 atom stereocenters. The minimum atomic E-state index is -0.707. The van der Waals surface area contributed by atoms with Gasteiger partial charge in [0.25, 0.3) is 0 Å². The monoisotopic (exact) mass is 229 g/mol. The molecular formula is C12H23NO3. The van der Waals surface area contributed by atoms with Gasteiger partial charge in [0.15, 0.2) is 0 Å². The van der Waals surface area contributed by atoms with Gasteiger partial charge in [0.1, 0.15) is 0 Å². The van der Waals surface area contributed by atoms with Crippen molar-refractivity contribution in [3.05, 3.63) is 0 Å². The first-order valence-electron chi connectivity index (χ1n) is 6.09. The fraction of sp³-hybridized carbons (Fsp3) is 0.917. The van der Waals surface area contributed by atoms with Crippen LogP contribution < -0.4 is 0 Å². The number of hydrogen-bond donors (Lipinski definition) is 1. The van der Waals surface area contributed by atoms with Crippen LogP contribution >= 0.6 is 0 Å². The summed E-state index contributed by atoms with van der Waals surface area (Å²) in [6.07, 6.45) is 3.37. The van der Waals surface area contributed by atoms with Crippen molar-refractivity contribution in [2.24, 2.45) is 5.92 Å². The van der Waals surface area contributed by atoms with Crippen LogP contribution in [0.2, 0.25) is 0 Å². The largest absolute Gasteiger partial charge is 0.481 e. The smallest absolute Gasteiger partial charge is 0.303 e. The normalized spacial score (nSPS) is 23.3. The second kappa shape index (κ2) is 6.86. The summed E-state index contributed by atoms with van der Waals surface area (Å²) in [5, 5.41) is 8.63. The van der Waals surface area contributed by atoms with Crippen LogP contribution in [0.25, 0.3) is 0 Å². The van der Waals surface area contributed by atoms with Crippen molar-refractivity contribution < 1.29 is 14.6 Å². The van der Waals surface area contributed by atoms with E-state index in [0.29, 0.717) is 12.0 Å². The van der Waals surface area contributed by atoms with Gasteiger partial charge in [-0.05, 0) is 39.2 Å². The van der Waals surface area contributed by atoms with Crippen LogP contribution in [-0.2, 0) is 9.53 Å².